The Morgan fingerprint density at radius 1 is 1.18 bits per heavy atom. The molecule has 22 heavy (non-hydrogen) atoms. The Bertz CT molecular complexity index is 764. The van der Waals surface area contributed by atoms with Gasteiger partial charge in [0.1, 0.15) is 12.3 Å². The molecule has 0 bridgehead atoms. The third kappa shape index (κ3) is 3.20. The fourth-order valence-corrected chi connectivity index (χ4v) is 1.93. The maximum absolute atomic E-state index is 11.9. The number of pyridine rings is 1. The number of hydrogen-bond donors (Lipinski definition) is 0. The lowest BCUT2D eigenvalue weighted by atomic mass is 10.2. The molecule has 2 heterocycles. The van der Waals surface area contributed by atoms with Gasteiger partial charge in [-0.25, -0.2) is 4.79 Å². The second kappa shape index (κ2) is 6.22. The van der Waals surface area contributed by atoms with Crippen LogP contribution in [0.4, 0.5) is 0 Å². The number of benzene rings is 1. The van der Waals surface area contributed by atoms with Crippen molar-refractivity contribution in [2.45, 2.75) is 13.5 Å². The first-order valence-electron chi connectivity index (χ1n) is 6.83. The third-order valence-electron chi connectivity index (χ3n) is 3.12. The lowest BCUT2D eigenvalue weighted by Crippen LogP contribution is -2.05. The van der Waals surface area contributed by atoms with Gasteiger partial charge < -0.3 is 9.26 Å². The van der Waals surface area contributed by atoms with Crippen molar-refractivity contribution in [2.75, 3.05) is 0 Å². The largest absolute Gasteiger partial charge is 0.455 e. The SMILES string of the molecule is Cc1ccc(C(=O)OCc2cc(-c3ccccc3)on2)cn1. The summed E-state index contributed by atoms with van der Waals surface area (Å²) in [5.41, 5.74) is 2.75. The van der Waals surface area contributed by atoms with Crippen LogP contribution in [-0.4, -0.2) is 16.1 Å². The standard InChI is InChI=1S/C17H14N2O3/c1-12-7-8-14(10-18-12)17(20)21-11-15-9-16(22-19-15)13-5-3-2-4-6-13/h2-10H,11H2,1H3. The minimum atomic E-state index is -0.434. The molecule has 0 unspecified atom stereocenters. The topological polar surface area (TPSA) is 65.2 Å². The Morgan fingerprint density at radius 2 is 2.00 bits per heavy atom. The van der Waals surface area contributed by atoms with Crippen LogP contribution in [0.15, 0.2) is 59.3 Å². The van der Waals surface area contributed by atoms with Crippen molar-refractivity contribution >= 4 is 5.97 Å². The van der Waals surface area contributed by atoms with Gasteiger partial charge in [0, 0.05) is 23.5 Å². The zero-order valence-corrected chi connectivity index (χ0v) is 12.0. The van der Waals surface area contributed by atoms with Crippen LogP contribution in [0.1, 0.15) is 21.7 Å². The van der Waals surface area contributed by atoms with E-state index in [2.05, 4.69) is 10.1 Å². The Morgan fingerprint density at radius 3 is 2.73 bits per heavy atom. The molecule has 0 fully saturated rings. The van der Waals surface area contributed by atoms with Gasteiger partial charge in [-0.3, -0.25) is 4.98 Å². The molecule has 0 spiro atoms. The van der Waals surface area contributed by atoms with Gasteiger partial charge >= 0.3 is 5.97 Å². The van der Waals surface area contributed by atoms with E-state index in [-0.39, 0.29) is 6.61 Å². The van der Waals surface area contributed by atoms with Crippen molar-refractivity contribution in [1.29, 1.82) is 0 Å². The average molecular weight is 294 g/mol. The van der Waals surface area contributed by atoms with Crippen molar-refractivity contribution < 1.29 is 14.1 Å². The van der Waals surface area contributed by atoms with E-state index in [0.717, 1.165) is 11.3 Å². The third-order valence-corrected chi connectivity index (χ3v) is 3.12. The molecule has 0 radical (unpaired) electrons. The van der Waals surface area contributed by atoms with Gasteiger partial charge in [-0.05, 0) is 19.1 Å². The number of aryl methyl sites for hydroxylation is 1. The highest BCUT2D eigenvalue weighted by atomic mass is 16.5. The van der Waals surface area contributed by atoms with Crippen molar-refractivity contribution in [3.8, 4) is 11.3 Å². The van der Waals surface area contributed by atoms with Gasteiger partial charge in [0.25, 0.3) is 0 Å². The molecule has 0 aliphatic heterocycles. The molecule has 110 valence electrons. The molecule has 3 rings (SSSR count). The Labute approximate surface area is 127 Å². The van der Waals surface area contributed by atoms with Crippen molar-refractivity contribution in [3.05, 3.63) is 71.7 Å². The number of carbonyl (C=O) groups is 1. The predicted octanol–water partition coefficient (Wildman–Crippen LogP) is 3.40. The zero-order chi connectivity index (χ0) is 15.4. The molecule has 0 amide bonds. The number of nitrogens with zero attached hydrogens (tertiary/aromatic N) is 2. The number of hydrogen-bond acceptors (Lipinski definition) is 5. The molecule has 3 aromatic rings. The first kappa shape index (κ1) is 14.0. The lowest BCUT2D eigenvalue weighted by molar-refractivity contribution is 0.0464. The van der Waals surface area contributed by atoms with Crippen LogP contribution >= 0.6 is 0 Å². The molecule has 5 nitrogen and oxygen atoms in total. The van der Waals surface area contributed by atoms with Crippen LogP contribution in [0.3, 0.4) is 0 Å². The van der Waals surface area contributed by atoms with Crippen LogP contribution < -0.4 is 0 Å². The molecule has 0 aliphatic carbocycles. The average Bonchev–Trinajstić information content (AvgIpc) is 3.03. The van der Waals surface area contributed by atoms with Gasteiger partial charge in [-0.1, -0.05) is 35.5 Å². The zero-order valence-electron chi connectivity index (χ0n) is 12.0. The summed E-state index contributed by atoms with van der Waals surface area (Å²) in [4.78, 5) is 15.9. The lowest BCUT2D eigenvalue weighted by Gasteiger charge is -2.02. The first-order chi connectivity index (χ1) is 10.7. The molecule has 1 aromatic carbocycles. The monoisotopic (exact) mass is 294 g/mol. The Hall–Kier alpha value is -2.95. The van der Waals surface area contributed by atoms with E-state index in [9.17, 15) is 4.79 Å². The maximum atomic E-state index is 11.9. The minimum Gasteiger partial charge on any atom is -0.455 e. The number of aromatic nitrogens is 2. The van der Waals surface area contributed by atoms with Gasteiger partial charge in [0.05, 0.1) is 5.56 Å². The molecular formula is C17H14N2O3. The van der Waals surface area contributed by atoms with Gasteiger partial charge in [-0.15, -0.1) is 0 Å². The normalized spacial score (nSPS) is 10.4. The van der Waals surface area contributed by atoms with E-state index in [0.29, 0.717) is 17.0 Å². The smallest absolute Gasteiger partial charge is 0.340 e. The summed E-state index contributed by atoms with van der Waals surface area (Å²) in [6, 6.07) is 14.8. The van der Waals surface area contributed by atoms with Gasteiger partial charge in [0.15, 0.2) is 5.76 Å². The van der Waals surface area contributed by atoms with Crippen LogP contribution in [0.2, 0.25) is 0 Å². The van der Waals surface area contributed by atoms with Crippen LogP contribution in [0, 0.1) is 6.92 Å². The minimum absolute atomic E-state index is 0.0586. The molecular weight excluding hydrogens is 280 g/mol. The first-order valence-corrected chi connectivity index (χ1v) is 6.83. The second-order valence-corrected chi connectivity index (χ2v) is 4.81. The van der Waals surface area contributed by atoms with Gasteiger partial charge in [0.2, 0.25) is 0 Å². The van der Waals surface area contributed by atoms with E-state index in [1.807, 2.05) is 37.3 Å². The Kier molecular flexibility index (Phi) is 3.96. The highest BCUT2D eigenvalue weighted by Gasteiger charge is 2.11. The van der Waals surface area contributed by atoms with Crippen molar-refractivity contribution in [2.24, 2.45) is 0 Å². The summed E-state index contributed by atoms with van der Waals surface area (Å²) < 4.78 is 10.5. The van der Waals surface area contributed by atoms with E-state index in [1.165, 1.54) is 6.20 Å². The molecule has 0 atom stereocenters. The van der Waals surface area contributed by atoms with Crippen LogP contribution in [0.5, 0.6) is 0 Å². The molecule has 5 heteroatoms. The highest BCUT2D eigenvalue weighted by molar-refractivity contribution is 5.88. The van der Waals surface area contributed by atoms with Crippen LogP contribution in [0.25, 0.3) is 11.3 Å². The molecule has 0 N–H and O–H groups in total. The predicted molar refractivity (Wildman–Crippen MR) is 80.0 cm³/mol. The summed E-state index contributed by atoms with van der Waals surface area (Å²) in [6.07, 6.45) is 1.50. The fourth-order valence-electron chi connectivity index (χ4n) is 1.93. The van der Waals surface area contributed by atoms with E-state index >= 15 is 0 Å². The van der Waals surface area contributed by atoms with Crippen molar-refractivity contribution in [1.82, 2.24) is 10.1 Å². The maximum Gasteiger partial charge on any atom is 0.340 e. The summed E-state index contributed by atoms with van der Waals surface area (Å²) in [5, 5.41) is 3.90. The number of carbonyl (C=O) groups excluding carboxylic acids is 1. The molecule has 0 saturated heterocycles. The van der Waals surface area contributed by atoms with E-state index < -0.39 is 5.97 Å². The van der Waals surface area contributed by atoms with Crippen LogP contribution in [-0.2, 0) is 11.3 Å². The van der Waals surface area contributed by atoms with E-state index in [1.54, 1.807) is 18.2 Å². The van der Waals surface area contributed by atoms with Gasteiger partial charge in [-0.2, -0.15) is 0 Å². The molecule has 2 aromatic heterocycles. The second-order valence-electron chi connectivity index (χ2n) is 4.81. The summed E-state index contributed by atoms with van der Waals surface area (Å²) >= 11 is 0. The highest BCUT2D eigenvalue weighted by Crippen LogP contribution is 2.20. The quantitative estimate of drug-likeness (QED) is 0.690. The summed E-state index contributed by atoms with van der Waals surface area (Å²) in [6.45, 7) is 1.92. The number of rotatable bonds is 4. The Balaban J connectivity index is 1.64. The number of ether oxygens (including phenoxy) is 1. The molecule has 0 saturated carbocycles. The fraction of sp³-hybridized carbons (Fsp3) is 0.118. The number of esters is 1. The molecule has 0 aliphatic rings. The summed E-state index contributed by atoms with van der Waals surface area (Å²) in [7, 11) is 0. The summed E-state index contributed by atoms with van der Waals surface area (Å²) in [5.74, 6) is 0.209. The van der Waals surface area contributed by atoms with Crippen molar-refractivity contribution in [3.63, 3.8) is 0 Å². The van der Waals surface area contributed by atoms with E-state index in [4.69, 9.17) is 9.26 Å².